The summed E-state index contributed by atoms with van der Waals surface area (Å²) in [6, 6.07) is 20.6. The minimum atomic E-state index is 0.267. The number of hydrogen-bond acceptors (Lipinski definition) is 5. The summed E-state index contributed by atoms with van der Waals surface area (Å²) in [5.41, 5.74) is 5.90. The molecule has 1 atom stereocenters. The third-order valence-corrected chi connectivity index (χ3v) is 7.25. The molecule has 36 heavy (non-hydrogen) atoms. The zero-order chi connectivity index (χ0) is 25.7. The Morgan fingerprint density at radius 2 is 1.58 bits per heavy atom. The topological polar surface area (TPSA) is 65.0 Å². The lowest BCUT2D eigenvalue weighted by atomic mass is 9.79. The van der Waals surface area contributed by atoms with Gasteiger partial charge in [-0.25, -0.2) is 0 Å². The van der Waals surface area contributed by atoms with Crippen LogP contribution in [0, 0.1) is 0 Å². The number of anilines is 1. The highest BCUT2D eigenvalue weighted by Crippen LogP contribution is 2.38. The number of aryl methyl sites for hydroxylation is 1. The summed E-state index contributed by atoms with van der Waals surface area (Å²) >= 11 is 0. The first-order valence-electron chi connectivity index (χ1n) is 13.1. The quantitative estimate of drug-likeness (QED) is 0.305. The van der Waals surface area contributed by atoms with Crippen molar-refractivity contribution in [1.82, 2.24) is 4.90 Å². The molecule has 192 valence electrons. The fourth-order valence-electron chi connectivity index (χ4n) is 5.34. The van der Waals surface area contributed by atoms with E-state index in [-0.39, 0.29) is 5.75 Å². The molecular formula is C31H40N2O3. The van der Waals surface area contributed by atoms with Gasteiger partial charge in [0.05, 0.1) is 0 Å². The Hall–Kier alpha value is -3.18. The first-order valence-corrected chi connectivity index (χ1v) is 13.1. The van der Waals surface area contributed by atoms with Crippen molar-refractivity contribution in [3.63, 3.8) is 0 Å². The number of phenols is 2. The number of fused-ring (bicyclic) bond motifs is 1. The zero-order valence-electron chi connectivity index (χ0n) is 22.0. The van der Waals surface area contributed by atoms with Crippen LogP contribution in [0.15, 0.2) is 60.7 Å². The standard InChI is InChI=1S/C31H40N2O3/c1-21(2)33(22(3)4)15-16-36-29-12-5-23(6-13-29)20-32-31-19-28(35)11-14-30(31)26-8-7-25-18-27(34)10-9-24(25)17-26/h5-6,9-14,18-19,21-22,26,32,34-35H,7-8,15-17,20H2,1-4H3. The molecule has 0 amide bonds. The molecule has 5 nitrogen and oxygen atoms in total. The lowest BCUT2D eigenvalue weighted by Crippen LogP contribution is -2.39. The van der Waals surface area contributed by atoms with Crippen molar-refractivity contribution in [3.05, 3.63) is 82.9 Å². The first-order chi connectivity index (χ1) is 17.3. The third kappa shape index (κ3) is 6.52. The Morgan fingerprint density at radius 1 is 0.889 bits per heavy atom. The number of ether oxygens (including phenoxy) is 1. The van der Waals surface area contributed by atoms with Gasteiger partial charge in [0.1, 0.15) is 23.9 Å². The van der Waals surface area contributed by atoms with Crippen LogP contribution >= 0.6 is 0 Å². The maximum absolute atomic E-state index is 10.2. The van der Waals surface area contributed by atoms with Gasteiger partial charge >= 0.3 is 0 Å². The minimum Gasteiger partial charge on any atom is -0.508 e. The molecule has 0 radical (unpaired) electrons. The van der Waals surface area contributed by atoms with Crippen molar-refractivity contribution in [2.24, 2.45) is 0 Å². The van der Waals surface area contributed by atoms with E-state index in [0.29, 0.717) is 36.9 Å². The highest BCUT2D eigenvalue weighted by atomic mass is 16.5. The van der Waals surface area contributed by atoms with E-state index in [0.717, 1.165) is 42.8 Å². The third-order valence-electron chi connectivity index (χ3n) is 7.25. The molecule has 4 rings (SSSR count). The molecule has 1 aliphatic carbocycles. The van der Waals surface area contributed by atoms with Crippen LogP contribution in [0.4, 0.5) is 5.69 Å². The van der Waals surface area contributed by atoms with Crippen LogP contribution in [-0.2, 0) is 19.4 Å². The van der Waals surface area contributed by atoms with E-state index in [1.54, 1.807) is 12.1 Å². The SMILES string of the molecule is CC(C)N(CCOc1ccc(CNc2cc(O)ccc2C2CCc3cc(O)ccc3C2)cc1)C(C)C. The van der Waals surface area contributed by atoms with Crippen LogP contribution in [0.3, 0.4) is 0 Å². The van der Waals surface area contributed by atoms with E-state index >= 15 is 0 Å². The molecule has 0 bridgehead atoms. The van der Waals surface area contributed by atoms with Gasteiger partial charge in [0.15, 0.2) is 0 Å². The second kappa shape index (κ2) is 11.7. The van der Waals surface area contributed by atoms with Gasteiger partial charge in [0.25, 0.3) is 0 Å². The van der Waals surface area contributed by atoms with E-state index in [2.05, 4.69) is 50.0 Å². The van der Waals surface area contributed by atoms with Crippen LogP contribution in [0.2, 0.25) is 0 Å². The van der Waals surface area contributed by atoms with Crippen LogP contribution < -0.4 is 10.1 Å². The molecule has 0 aromatic heterocycles. The van der Waals surface area contributed by atoms with E-state index < -0.39 is 0 Å². The van der Waals surface area contributed by atoms with Gasteiger partial charge in [-0.05, 0) is 105 Å². The van der Waals surface area contributed by atoms with Crippen molar-refractivity contribution >= 4 is 5.69 Å². The Labute approximate surface area is 215 Å². The van der Waals surface area contributed by atoms with Crippen LogP contribution in [0.25, 0.3) is 0 Å². The van der Waals surface area contributed by atoms with Gasteiger partial charge in [-0.2, -0.15) is 0 Å². The van der Waals surface area contributed by atoms with Gasteiger partial charge < -0.3 is 20.3 Å². The predicted molar refractivity (Wildman–Crippen MR) is 147 cm³/mol. The molecule has 0 aliphatic heterocycles. The van der Waals surface area contributed by atoms with E-state index in [4.69, 9.17) is 4.74 Å². The fourth-order valence-corrected chi connectivity index (χ4v) is 5.34. The Bertz CT molecular complexity index is 1130. The van der Waals surface area contributed by atoms with Gasteiger partial charge in [0, 0.05) is 36.9 Å². The number of rotatable bonds is 10. The van der Waals surface area contributed by atoms with Crippen molar-refractivity contribution in [2.75, 3.05) is 18.5 Å². The largest absolute Gasteiger partial charge is 0.508 e. The Morgan fingerprint density at radius 3 is 2.31 bits per heavy atom. The molecule has 1 aliphatic rings. The monoisotopic (exact) mass is 488 g/mol. The minimum absolute atomic E-state index is 0.267. The molecule has 0 saturated carbocycles. The number of phenolic OH excluding ortho intramolecular Hbond substituents is 2. The van der Waals surface area contributed by atoms with Gasteiger partial charge in [-0.1, -0.05) is 24.3 Å². The molecule has 0 saturated heterocycles. The van der Waals surface area contributed by atoms with E-state index in [1.165, 1.54) is 16.7 Å². The molecule has 5 heteroatoms. The fraction of sp³-hybridized carbons (Fsp3) is 0.419. The van der Waals surface area contributed by atoms with E-state index in [1.807, 2.05) is 36.4 Å². The maximum atomic E-state index is 10.2. The number of nitrogens with one attached hydrogen (secondary N) is 1. The lowest BCUT2D eigenvalue weighted by Gasteiger charge is -2.30. The van der Waals surface area contributed by atoms with Crippen LogP contribution in [0.1, 0.15) is 62.3 Å². The summed E-state index contributed by atoms with van der Waals surface area (Å²) in [4.78, 5) is 2.43. The average Bonchev–Trinajstić information content (AvgIpc) is 2.85. The zero-order valence-corrected chi connectivity index (χ0v) is 22.0. The Balaban J connectivity index is 1.36. The van der Waals surface area contributed by atoms with Gasteiger partial charge in [-0.15, -0.1) is 0 Å². The molecular weight excluding hydrogens is 448 g/mol. The number of nitrogens with zero attached hydrogens (tertiary/aromatic N) is 1. The van der Waals surface area contributed by atoms with Crippen molar-refractivity contribution in [1.29, 1.82) is 0 Å². The summed E-state index contributed by atoms with van der Waals surface area (Å²) < 4.78 is 5.99. The molecule has 3 aromatic carbocycles. The molecule has 0 heterocycles. The van der Waals surface area contributed by atoms with Crippen molar-refractivity contribution in [2.45, 2.75) is 71.5 Å². The first kappa shape index (κ1) is 25.9. The van der Waals surface area contributed by atoms with Gasteiger partial charge in [0.2, 0.25) is 0 Å². The Kier molecular flexibility index (Phi) is 8.42. The summed E-state index contributed by atoms with van der Waals surface area (Å²) in [7, 11) is 0. The highest BCUT2D eigenvalue weighted by molar-refractivity contribution is 5.57. The van der Waals surface area contributed by atoms with Crippen LogP contribution in [0.5, 0.6) is 17.2 Å². The van der Waals surface area contributed by atoms with Crippen LogP contribution in [-0.4, -0.2) is 40.3 Å². The number of benzene rings is 3. The summed E-state index contributed by atoms with van der Waals surface area (Å²) in [6.07, 6.45) is 2.90. The summed E-state index contributed by atoms with van der Waals surface area (Å²) in [6.45, 7) is 11.1. The highest BCUT2D eigenvalue weighted by Gasteiger charge is 2.23. The van der Waals surface area contributed by atoms with Crippen molar-refractivity contribution in [3.8, 4) is 17.2 Å². The van der Waals surface area contributed by atoms with Crippen molar-refractivity contribution < 1.29 is 14.9 Å². The summed E-state index contributed by atoms with van der Waals surface area (Å²) in [5, 5.41) is 23.5. The second-order valence-corrected chi connectivity index (χ2v) is 10.4. The molecule has 3 aromatic rings. The number of aromatic hydroxyl groups is 2. The predicted octanol–water partition coefficient (Wildman–Crippen LogP) is 6.48. The average molecular weight is 489 g/mol. The van der Waals surface area contributed by atoms with Gasteiger partial charge in [-0.3, -0.25) is 4.90 Å². The lowest BCUT2D eigenvalue weighted by molar-refractivity contribution is 0.142. The second-order valence-electron chi connectivity index (χ2n) is 10.4. The summed E-state index contributed by atoms with van der Waals surface area (Å²) in [5.74, 6) is 1.86. The number of hydrogen-bond donors (Lipinski definition) is 3. The molecule has 0 fully saturated rings. The van der Waals surface area contributed by atoms with E-state index in [9.17, 15) is 10.2 Å². The maximum Gasteiger partial charge on any atom is 0.119 e. The smallest absolute Gasteiger partial charge is 0.119 e. The normalized spacial score (nSPS) is 15.4. The molecule has 0 spiro atoms. The molecule has 3 N–H and O–H groups in total. The molecule has 1 unspecified atom stereocenters.